The van der Waals surface area contributed by atoms with Gasteiger partial charge in [0.05, 0.1) is 10.2 Å². The molecule has 1 unspecified atom stereocenters. The van der Waals surface area contributed by atoms with Crippen LogP contribution in [-0.4, -0.2) is 10.5 Å². The average molecular weight is 316 g/mol. The monoisotopic (exact) mass is 316 g/mol. The molecule has 1 amide bonds. The van der Waals surface area contributed by atoms with Gasteiger partial charge in [0, 0.05) is 18.0 Å². The summed E-state index contributed by atoms with van der Waals surface area (Å²) >= 11 is 6.06. The van der Waals surface area contributed by atoms with Crippen molar-refractivity contribution in [3.63, 3.8) is 0 Å². The molecule has 0 aliphatic carbocycles. The van der Waals surface area contributed by atoms with E-state index in [-0.39, 0.29) is 11.2 Å². The van der Waals surface area contributed by atoms with Crippen LogP contribution in [-0.2, 0) is 7.05 Å². The smallest absolute Gasteiger partial charge is 0.272 e. The van der Waals surface area contributed by atoms with Crippen LogP contribution >= 0.6 is 24.0 Å². The van der Waals surface area contributed by atoms with Crippen LogP contribution in [0.1, 0.15) is 28.2 Å². The maximum atomic E-state index is 12.4. The number of thiol groups is 1. The Labute approximate surface area is 133 Å². The van der Waals surface area contributed by atoms with E-state index in [1.807, 2.05) is 60.3 Å². The normalized spacial score (nSPS) is 12.5. The van der Waals surface area contributed by atoms with Crippen molar-refractivity contribution in [2.45, 2.75) is 12.2 Å². The summed E-state index contributed by atoms with van der Waals surface area (Å²) in [6.07, 6.45) is 0. The third-order valence-corrected chi connectivity index (χ3v) is 4.67. The van der Waals surface area contributed by atoms with Gasteiger partial charge in [0.15, 0.2) is 0 Å². The Bertz CT molecular complexity index is 802. The predicted octanol–water partition coefficient (Wildman–Crippen LogP) is 4.48. The minimum absolute atomic E-state index is 0.0927. The molecule has 2 aromatic heterocycles. The van der Waals surface area contributed by atoms with E-state index in [0.29, 0.717) is 5.69 Å². The molecule has 1 N–H and O–H groups in total. The Balaban J connectivity index is 1.87. The van der Waals surface area contributed by atoms with Crippen molar-refractivity contribution in [1.82, 2.24) is 4.57 Å². The van der Waals surface area contributed by atoms with Gasteiger partial charge in [0.1, 0.15) is 5.69 Å². The number of carbonyl (C=O) groups is 1. The zero-order valence-corrected chi connectivity index (χ0v) is 13.5. The van der Waals surface area contributed by atoms with E-state index in [2.05, 4.69) is 17.9 Å². The fourth-order valence-electron chi connectivity index (χ4n) is 2.34. The zero-order chi connectivity index (χ0) is 15.0. The van der Waals surface area contributed by atoms with Gasteiger partial charge < -0.3 is 9.88 Å². The third-order valence-electron chi connectivity index (χ3n) is 3.52. The molecule has 1 aromatic carbocycles. The molecule has 108 valence electrons. The molecule has 2 heterocycles. The largest absolute Gasteiger partial charge is 0.339 e. The number of thiophene rings is 1. The first-order valence-electron chi connectivity index (χ1n) is 6.68. The zero-order valence-electron chi connectivity index (χ0n) is 11.8. The van der Waals surface area contributed by atoms with Gasteiger partial charge in [-0.1, -0.05) is 12.1 Å². The summed E-state index contributed by atoms with van der Waals surface area (Å²) < 4.78 is 3.05. The summed E-state index contributed by atoms with van der Waals surface area (Å²) in [5.41, 5.74) is 3.64. The predicted molar refractivity (Wildman–Crippen MR) is 92.6 cm³/mol. The highest BCUT2D eigenvalue weighted by Gasteiger charge is 2.14. The molecule has 3 rings (SSSR count). The van der Waals surface area contributed by atoms with Crippen LogP contribution in [0.15, 0.2) is 41.8 Å². The van der Waals surface area contributed by atoms with Crippen molar-refractivity contribution in [2.24, 2.45) is 7.05 Å². The number of amides is 1. The van der Waals surface area contributed by atoms with Gasteiger partial charge in [-0.2, -0.15) is 12.6 Å². The van der Waals surface area contributed by atoms with E-state index < -0.39 is 0 Å². The van der Waals surface area contributed by atoms with Gasteiger partial charge in [-0.05, 0) is 42.1 Å². The summed E-state index contributed by atoms with van der Waals surface area (Å²) in [5.74, 6) is -0.0927. The molecule has 0 aliphatic heterocycles. The van der Waals surface area contributed by atoms with Crippen molar-refractivity contribution in [3.8, 4) is 0 Å². The van der Waals surface area contributed by atoms with Gasteiger partial charge in [-0.25, -0.2) is 0 Å². The standard InChI is InChI=1S/C16H16N2OS2/c1-10(20)11-4-3-5-12(8-11)17-16(19)14-9-15-13(18(14)2)6-7-21-15/h3-10,20H,1-2H3,(H,17,19). The van der Waals surface area contributed by atoms with Gasteiger partial charge in [-0.3, -0.25) is 4.79 Å². The number of benzene rings is 1. The maximum Gasteiger partial charge on any atom is 0.272 e. The van der Waals surface area contributed by atoms with E-state index in [1.54, 1.807) is 11.3 Å². The summed E-state index contributed by atoms with van der Waals surface area (Å²) in [6.45, 7) is 2.01. The lowest BCUT2D eigenvalue weighted by atomic mass is 10.1. The van der Waals surface area contributed by atoms with E-state index in [0.717, 1.165) is 21.5 Å². The maximum absolute atomic E-state index is 12.4. The van der Waals surface area contributed by atoms with Crippen LogP contribution in [0.3, 0.4) is 0 Å². The van der Waals surface area contributed by atoms with Crippen LogP contribution in [0.4, 0.5) is 5.69 Å². The molecule has 1 atom stereocenters. The number of rotatable bonds is 3. The number of nitrogens with zero attached hydrogens (tertiary/aromatic N) is 1. The molecule has 0 radical (unpaired) electrons. The lowest BCUT2D eigenvalue weighted by Crippen LogP contribution is -2.15. The number of nitrogens with one attached hydrogen (secondary N) is 1. The fraction of sp³-hybridized carbons (Fsp3) is 0.188. The van der Waals surface area contributed by atoms with Crippen molar-refractivity contribution in [2.75, 3.05) is 5.32 Å². The van der Waals surface area contributed by atoms with Crippen molar-refractivity contribution in [3.05, 3.63) is 53.0 Å². The molecule has 21 heavy (non-hydrogen) atoms. The van der Waals surface area contributed by atoms with E-state index in [4.69, 9.17) is 0 Å². The van der Waals surface area contributed by atoms with Crippen molar-refractivity contribution in [1.29, 1.82) is 0 Å². The number of anilines is 1. The summed E-state index contributed by atoms with van der Waals surface area (Å²) in [7, 11) is 1.91. The Kier molecular flexibility index (Phi) is 3.78. The molecular formula is C16H16N2OS2. The second kappa shape index (κ2) is 5.58. The average Bonchev–Trinajstić information content (AvgIpc) is 3.02. The van der Waals surface area contributed by atoms with Crippen LogP contribution < -0.4 is 5.32 Å². The number of aromatic nitrogens is 1. The van der Waals surface area contributed by atoms with Crippen LogP contribution in [0.2, 0.25) is 0 Å². The topological polar surface area (TPSA) is 34.0 Å². The number of hydrogen-bond donors (Lipinski definition) is 2. The molecule has 0 spiro atoms. The Morgan fingerprint density at radius 1 is 1.33 bits per heavy atom. The molecule has 3 nitrogen and oxygen atoms in total. The van der Waals surface area contributed by atoms with Crippen molar-refractivity contribution >= 4 is 45.8 Å². The van der Waals surface area contributed by atoms with Crippen LogP contribution in [0.5, 0.6) is 0 Å². The minimum atomic E-state index is -0.0927. The summed E-state index contributed by atoms with van der Waals surface area (Å²) in [5, 5.41) is 5.13. The van der Waals surface area contributed by atoms with Gasteiger partial charge in [0.25, 0.3) is 5.91 Å². The third kappa shape index (κ3) is 2.71. The summed E-state index contributed by atoms with van der Waals surface area (Å²) in [6, 6.07) is 11.7. The van der Waals surface area contributed by atoms with E-state index in [1.165, 1.54) is 0 Å². The van der Waals surface area contributed by atoms with E-state index in [9.17, 15) is 4.79 Å². The Hall–Kier alpha value is -1.72. The molecule has 3 aromatic rings. The number of fused-ring (bicyclic) bond motifs is 1. The quantitative estimate of drug-likeness (QED) is 0.686. The minimum Gasteiger partial charge on any atom is -0.339 e. The van der Waals surface area contributed by atoms with Crippen LogP contribution in [0.25, 0.3) is 10.2 Å². The lowest BCUT2D eigenvalue weighted by Gasteiger charge is -2.09. The first-order valence-corrected chi connectivity index (χ1v) is 8.08. The molecular weight excluding hydrogens is 300 g/mol. The first-order chi connectivity index (χ1) is 10.1. The fourth-order valence-corrected chi connectivity index (χ4v) is 3.35. The van der Waals surface area contributed by atoms with Crippen molar-refractivity contribution < 1.29 is 4.79 Å². The van der Waals surface area contributed by atoms with Crippen LogP contribution in [0, 0.1) is 0 Å². The molecule has 0 saturated heterocycles. The van der Waals surface area contributed by atoms with E-state index >= 15 is 0 Å². The number of hydrogen-bond acceptors (Lipinski definition) is 3. The SMILES string of the molecule is CC(S)c1cccc(NC(=O)c2cc3sccc3n2C)c1. The summed E-state index contributed by atoms with van der Waals surface area (Å²) in [4.78, 5) is 12.4. The van der Waals surface area contributed by atoms with Gasteiger partial charge >= 0.3 is 0 Å². The highest BCUT2D eigenvalue weighted by atomic mass is 32.1. The Morgan fingerprint density at radius 3 is 2.86 bits per heavy atom. The molecule has 0 fully saturated rings. The number of carbonyl (C=O) groups excluding carboxylic acids is 1. The highest BCUT2D eigenvalue weighted by Crippen LogP contribution is 2.25. The Morgan fingerprint density at radius 2 is 2.14 bits per heavy atom. The van der Waals surface area contributed by atoms with Gasteiger partial charge in [-0.15, -0.1) is 11.3 Å². The lowest BCUT2D eigenvalue weighted by molar-refractivity contribution is 0.102. The number of aryl methyl sites for hydroxylation is 1. The second-order valence-electron chi connectivity index (χ2n) is 5.01. The van der Waals surface area contributed by atoms with Gasteiger partial charge in [0.2, 0.25) is 0 Å². The highest BCUT2D eigenvalue weighted by molar-refractivity contribution is 7.80. The molecule has 0 saturated carbocycles. The molecule has 0 aliphatic rings. The second-order valence-corrected chi connectivity index (χ2v) is 6.74. The molecule has 0 bridgehead atoms. The first kappa shape index (κ1) is 14.2. The molecule has 5 heteroatoms.